The first-order chi connectivity index (χ1) is 24.8. The summed E-state index contributed by atoms with van der Waals surface area (Å²) in [4.78, 5) is 15.6. The van der Waals surface area contributed by atoms with Gasteiger partial charge in [0.2, 0.25) is 0 Å². The topological polar surface area (TPSA) is 61.0 Å². The zero-order valence-electron chi connectivity index (χ0n) is 26.9. The summed E-state index contributed by atoms with van der Waals surface area (Å²) in [6.45, 7) is 0. The Balaban J connectivity index is 1.21. The number of furan rings is 1. The van der Waals surface area contributed by atoms with Crippen LogP contribution in [-0.4, -0.2) is 21.1 Å². The molecule has 5 nitrogen and oxygen atoms in total. The van der Waals surface area contributed by atoms with E-state index in [1.807, 2.05) is 48.5 Å². The Labute approximate surface area is 288 Å². The molecule has 2 atom stereocenters. The number of rotatable bonds is 5. The fourth-order valence-corrected chi connectivity index (χ4v) is 7.34. The van der Waals surface area contributed by atoms with Gasteiger partial charge >= 0.3 is 0 Å². The smallest absolute Gasteiger partial charge is 0.164 e. The molecule has 5 heteroatoms. The second-order valence-electron chi connectivity index (χ2n) is 12.7. The molecule has 0 N–H and O–H groups in total. The summed E-state index contributed by atoms with van der Waals surface area (Å²) in [5.41, 5.74) is 9.86. The number of nitrogens with zero attached hydrogens (tertiary/aromatic N) is 3. The fourth-order valence-electron chi connectivity index (χ4n) is 7.34. The van der Waals surface area contributed by atoms with Crippen LogP contribution >= 0.6 is 0 Å². The van der Waals surface area contributed by atoms with Gasteiger partial charge in [-0.2, -0.15) is 0 Å². The van der Waals surface area contributed by atoms with E-state index in [1.165, 1.54) is 0 Å². The lowest BCUT2D eigenvalue weighted by Crippen LogP contribution is -2.16. The Hall–Kier alpha value is -6.59. The second-order valence-corrected chi connectivity index (χ2v) is 12.7. The van der Waals surface area contributed by atoms with Crippen LogP contribution in [0.3, 0.4) is 0 Å². The molecule has 6 aromatic carbocycles. The highest BCUT2D eigenvalue weighted by molar-refractivity contribution is 6.15. The molecular weight excluding hydrogens is 615 g/mol. The molecule has 1 aliphatic heterocycles. The van der Waals surface area contributed by atoms with Gasteiger partial charge in [0.25, 0.3) is 0 Å². The maximum Gasteiger partial charge on any atom is 0.164 e. The first kappa shape index (κ1) is 28.4. The number of hydrogen-bond donors (Lipinski definition) is 0. The van der Waals surface area contributed by atoms with Gasteiger partial charge in [-0.1, -0.05) is 133 Å². The Morgan fingerprint density at radius 2 is 1.10 bits per heavy atom. The molecule has 236 valence electrons. The van der Waals surface area contributed by atoms with Crippen molar-refractivity contribution in [3.63, 3.8) is 0 Å². The van der Waals surface area contributed by atoms with Crippen molar-refractivity contribution in [1.82, 2.24) is 15.0 Å². The van der Waals surface area contributed by atoms with Gasteiger partial charge in [0, 0.05) is 44.5 Å². The van der Waals surface area contributed by atoms with Crippen LogP contribution in [0.25, 0.3) is 78.4 Å². The fraction of sp³-hybridized carbons (Fsp3) is 0.0444. The number of allylic oxidation sites excluding steroid dienone is 2. The van der Waals surface area contributed by atoms with Crippen molar-refractivity contribution in [2.45, 2.75) is 12.0 Å². The van der Waals surface area contributed by atoms with Crippen molar-refractivity contribution in [2.24, 2.45) is 0 Å². The zero-order valence-corrected chi connectivity index (χ0v) is 26.9. The van der Waals surface area contributed by atoms with Gasteiger partial charge in [-0.3, -0.25) is 0 Å². The highest BCUT2D eigenvalue weighted by Crippen LogP contribution is 2.47. The molecule has 2 unspecified atom stereocenters. The van der Waals surface area contributed by atoms with Crippen molar-refractivity contribution in [2.75, 3.05) is 0 Å². The lowest BCUT2D eigenvalue weighted by Gasteiger charge is -2.16. The minimum Gasteiger partial charge on any atom is -0.485 e. The lowest BCUT2D eigenvalue weighted by atomic mass is 9.88. The quantitative estimate of drug-likeness (QED) is 0.187. The Kier molecular flexibility index (Phi) is 6.56. The highest BCUT2D eigenvalue weighted by atomic mass is 16.5. The molecule has 2 aromatic heterocycles. The van der Waals surface area contributed by atoms with Crippen LogP contribution in [0.15, 0.2) is 168 Å². The molecule has 0 spiro atoms. The first-order valence-electron chi connectivity index (χ1n) is 16.9. The van der Waals surface area contributed by atoms with Crippen LogP contribution in [0.1, 0.15) is 11.5 Å². The van der Waals surface area contributed by atoms with Crippen LogP contribution in [0.2, 0.25) is 0 Å². The third-order valence-electron chi connectivity index (χ3n) is 9.73. The van der Waals surface area contributed by atoms with Gasteiger partial charge in [-0.15, -0.1) is 0 Å². The molecule has 10 rings (SSSR count). The summed E-state index contributed by atoms with van der Waals surface area (Å²) in [5, 5.41) is 1.99. The molecule has 0 bridgehead atoms. The minimum atomic E-state index is -0.0510. The Morgan fingerprint density at radius 1 is 0.460 bits per heavy atom. The van der Waals surface area contributed by atoms with Gasteiger partial charge in [0.15, 0.2) is 17.5 Å². The predicted octanol–water partition coefficient (Wildman–Crippen LogP) is 11.1. The summed E-state index contributed by atoms with van der Waals surface area (Å²) in [5.74, 6) is 2.73. The first-order valence-corrected chi connectivity index (χ1v) is 16.9. The normalized spacial score (nSPS) is 16.0. The van der Waals surface area contributed by atoms with E-state index >= 15 is 0 Å². The van der Waals surface area contributed by atoms with E-state index in [9.17, 15) is 0 Å². The van der Waals surface area contributed by atoms with Crippen LogP contribution < -0.4 is 4.74 Å². The maximum absolute atomic E-state index is 6.60. The van der Waals surface area contributed by atoms with Crippen LogP contribution in [0, 0.1) is 0 Å². The molecule has 0 fully saturated rings. The third kappa shape index (κ3) is 4.66. The van der Waals surface area contributed by atoms with E-state index in [-0.39, 0.29) is 12.0 Å². The summed E-state index contributed by atoms with van der Waals surface area (Å²) >= 11 is 0. The molecule has 1 aliphatic carbocycles. The van der Waals surface area contributed by atoms with Gasteiger partial charge < -0.3 is 9.15 Å². The molecule has 3 heterocycles. The summed E-state index contributed by atoms with van der Waals surface area (Å²) in [6, 6.07) is 47.7. The zero-order chi connectivity index (χ0) is 33.0. The van der Waals surface area contributed by atoms with Crippen molar-refractivity contribution in [3.05, 3.63) is 169 Å². The van der Waals surface area contributed by atoms with Gasteiger partial charge in [-0.05, 0) is 47.0 Å². The van der Waals surface area contributed by atoms with E-state index in [4.69, 9.17) is 24.1 Å². The van der Waals surface area contributed by atoms with Crippen molar-refractivity contribution >= 4 is 21.9 Å². The molecule has 8 aromatic rings. The van der Waals surface area contributed by atoms with E-state index in [0.717, 1.165) is 72.2 Å². The molecule has 0 radical (unpaired) electrons. The van der Waals surface area contributed by atoms with Gasteiger partial charge in [0.1, 0.15) is 23.0 Å². The number of fused-ring (bicyclic) bond motifs is 6. The summed E-state index contributed by atoms with van der Waals surface area (Å²) in [6.07, 6.45) is 8.40. The van der Waals surface area contributed by atoms with Crippen LogP contribution in [0.5, 0.6) is 5.75 Å². The molecule has 2 aliphatic rings. The molecule has 0 saturated heterocycles. The van der Waals surface area contributed by atoms with E-state index in [2.05, 4.69) is 115 Å². The van der Waals surface area contributed by atoms with Crippen LogP contribution in [0.4, 0.5) is 0 Å². The highest BCUT2D eigenvalue weighted by Gasteiger charge is 2.35. The summed E-state index contributed by atoms with van der Waals surface area (Å²) < 4.78 is 13.0. The Morgan fingerprint density at radius 3 is 1.92 bits per heavy atom. The molecule has 0 saturated carbocycles. The lowest BCUT2D eigenvalue weighted by molar-refractivity contribution is 0.269. The van der Waals surface area contributed by atoms with Crippen LogP contribution in [-0.2, 0) is 0 Å². The number of ether oxygens (including phenoxy) is 1. The Bertz CT molecular complexity index is 2620. The average molecular weight is 644 g/mol. The minimum absolute atomic E-state index is 0.0510. The van der Waals surface area contributed by atoms with E-state index in [0.29, 0.717) is 17.5 Å². The van der Waals surface area contributed by atoms with Crippen molar-refractivity contribution in [3.8, 4) is 62.2 Å². The van der Waals surface area contributed by atoms with Crippen molar-refractivity contribution in [1.29, 1.82) is 0 Å². The number of aromatic nitrogens is 3. The summed E-state index contributed by atoms with van der Waals surface area (Å²) in [7, 11) is 0. The number of benzene rings is 6. The number of para-hydroxylation sites is 1. The SMILES string of the molecule is C1=CC2Oc3cccc(-c4nc(-c5ccc(-c6ccccc6)cc5)nc(-c5ccc(-c6ccccc6)c6oc7ccccc7c56)n4)c3C2C=C1. The standard InChI is InChI=1S/C45H29N3O2/c1-3-12-28(13-4-1)29-22-24-31(25-23-29)43-46-44(35-18-11-21-39-40(35)33-16-7-9-19-37(33)49-39)48-45(47-43)36-27-26-32(30-14-5-2-6-15-30)42-41(36)34-17-8-10-20-38(34)50-42/h1-27,33,37H. The molecule has 50 heavy (non-hydrogen) atoms. The maximum atomic E-state index is 6.60. The van der Waals surface area contributed by atoms with E-state index < -0.39 is 0 Å². The largest absolute Gasteiger partial charge is 0.485 e. The molecule has 0 amide bonds. The second kappa shape index (κ2) is 11.5. The average Bonchev–Trinajstić information content (AvgIpc) is 3.77. The van der Waals surface area contributed by atoms with Gasteiger partial charge in [-0.25, -0.2) is 15.0 Å². The predicted molar refractivity (Wildman–Crippen MR) is 200 cm³/mol. The monoisotopic (exact) mass is 643 g/mol. The van der Waals surface area contributed by atoms with Gasteiger partial charge in [0.05, 0.1) is 0 Å². The molecular formula is C45H29N3O2. The van der Waals surface area contributed by atoms with Crippen molar-refractivity contribution < 1.29 is 9.15 Å². The third-order valence-corrected chi connectivity index (χ3v) is 9.73. The number of hydrogen-bond acceptors (Lipinski definition) is 5. The van der Waals surface area contributed by atoms with E-state index in [1.54, 1.807) is 0 Å².